The summed E-state index contributed by atoms with van der Waals surface area (Å²) in [6.07, 6.45) is 0. The molecule has 0 saturated carbocycles. The first kappa shape index (κ1) is 12.2. The van der Waals surface area contributed by atoms with Gasteiger partial charge in [0.1, 0.15) is 0 Å². The zero-order valence-electron chi connectivity index (χ0n) is 9.76. The maximum atomic E-state index is 11.6. The van der Waals surface area contributed by atoms with Crippen molar-refractivity contribution in [2.45, 2.75) is 13.0 Å². The van der Waals surface area contributed by atoms with Gasteiger partial charge in [-0.1, -0.05) is 30.3 Å². The zero-order valence-corrected chi connectivity index (χ0v) is 10.6. The van der Waals surface area contributed by atoms with Crippen LogP contribution in [0.3, 0.4) is 0 Å². The van der Waals surface area contributed by atoms with E-state index in [0.717, 1.165) is 22.8 Å². The molecule has 2 rings (SSSR count). The second-order valence-corrected chi connectivity index (χ2v) is 4.76. The second kappa shape index (κ2) is 5.87. The Morgan fingerprint density at radius 3 is 2.94 bits per heavy atom. The highest BCUT2D eigenvalue weighted by atomic mass is 32.2. The third kappa shape index (κ3) is 3.09. The molecule has 1 aliphatic heterocycles. The summed E-state index contributed by atoms with van der Waals surface area (Å²) in [7, 11) is 0. The van der Waals surface area contributed by atoms with Crippen molar-refractivity contribution in [3.63, 3.8) is 0 Å². The van der Waals surface area contributed by atoms with Crippen molar-refractivity contribution in [1.29, 1.82) is 0 Å². The minimum absolute atomic E-state index is 0.215. The molecule has 1 aromatic carbocycles. The maximum Gasteiger partial charge on any atom is 0.331 e. The molecule has 1 atom stereocenters. The van der Waals surface area contributed by atoms with E-state index in [2.05, 4.69) is 4.99 Å². The van der Waals surface area contributed by atoms with Crippen LogP contribution in [0, 0.1) is 0 Å². The fourth-order valence-electron chi connectivity index (χ4n) is 1.68. The Labute approximate surface area is 105 Å². The van der Waals surface area contributed by atoms with Gasteiger partial charge in [0.25, 0.3) is 0 Å². The molecule has 1 unspecified atom stereocenters. The molecule has 0 bridgehead atoms. The Balaban J connectivity index is 2.16. The molecule has 0 aliphatic carbocycles. The number of thioether (sulfide) groups is 1. The molecule has 0 spiro atoms. The minimum atomic E-state index is -0.344. The first-order chi connectivity index (χ1) is 8.31. The molecular formula is C13H15NO2S. The summed E-state index contributed by atoms with van der Waals surface area (Å²) in [5, 5.41) is 0. The molecule has 0 aromatic heterocycles. The molecule has 90 valence electrons. The summed E-state index contributed by atoms with van der Waals surface area (Å²) in [4.78, 5) is 16.1. The highest BCUT2D eigenvalue weighted by molar-refractivity contribution is 8.00. The summed E-state index contributed by atoms with van der Waals surface area (Å²) in [5.74, 6) is 1.36. The van der Waals surface area contributed by atoms with Crippen molar-refractivity contribution in [2.75, 3.05) is 18.1 Å². The van der Waals surface area contributed by atoms with Gasteiger partial charge in [-0.2, -0.15) is 11.8 Å². The van der Waals surface area contributed by atoms with Gasteiger partial charge in [0.05, 0.1) is 12.3 Å². The fourth-order valence-corrected chi connectivity index (χ4v) is 2.66. The Hall–Kier alpha value is -1.29. The number of rotatable bonds is 3. The van der Waals surface area contributed by atoms with Crippen LogP contribution in [0.2, 0.25) is 0 Å². The Kier molecular flexibility index (Phi) is 4.20. The monoisotopic (exact) mass is 249 g/mol. The molecule has 3 nitrogen and oxygen atoms in total. The summed E-state index contributed by atoms with van der Waals surface area (Å²) in [6.45, 7) is 2.23. The minimum Gasteiger partial charge on any atom is -0.464 e. The van der Waals surface area contributed by atoms with E-state index in [1.807, 2.05) is 37.3 Å². The fraction of sp³-hybridized carbons (Fsp3) is 0.385. The van der Waals surface area contributed by atoms with E-state index in [1.54, 1.807) is 11.8 Å². The lowest BCUT2D eigenvalue weighted by Crippen LogP contribution is -2.29. The van der Waals surface area contributed by atoms with E-state index in [0.29, 0.717) is 6.61 Å². The van der Waals surface area contributed by atoms with Gasteiger partial charge in [-0.25, -0.2) is 4.79 Å². The molecule has 17 heavy (non-hydrogen) atoms. The highest BCUT2D eigenvalue weighted by Crippen LogP contribution is 2.18. The average Bonchev–Trinajstić information content (AvgIpc) is 2.40. The molecule has 0 radical (unpaired) electrons. The first-order valence-electron chi connectivity index (χ1n) is 5.67. The van der Waals surface area contributed by atoms with Gasteiger partial charge in [0.15, 0.2) is 6.04 Å². The largest absolute Gasteiger partial charge is 0.464 e. The van der Waals surface area contributed by atoms with E-state index >= 15 is 0 Å². The van der Waals surface area contributed by atoms with Crippen molar-refractivity contribution in [2.24, 2.45) is 4.99 Å². The summed E-state index contributed by atoms with van der Waals surface area (Å²) >= 11 is 1.73. The number of nitrogens with zero attached hydrogens (tertiary/aromatic N) is 1. The third-order valence-corrected chi connectivity index (χ3v) is 3.52. The van der Waals surface area contributed by atoms with Crippen LogP contribution in [0.5, 0.6) is 0 Å². The number of aliphatic imine (C=N–C) groups is 1. The quantitative estimate of drug-likeness (QED) is 0.770. The van der Waals surface area contributed by atoms with Gasteiger partial charge in [-0.05, 0) is 12.5 Å². The smallest absolute Gasteiger partial charge is 0.331 e. The third-order valence-electron chi connectivity index (χ3n) is 2.49. The molecule has 1 heterocycles. The van der Waals surface area contributed by atoms with Crippen molar-refractivity contribution < 1.29 is 9.53 Å². The zero-order chi connectivity index (χ0) is 12.1. The molecule has 0 saturated heterocycles. The van der Waals surface area contributed by atoms with Gasteiger partial charge in [0, 0.05) is 11.5 Å². The standard InChI is InChI=1S/C13H15NO2S/c1-2-16-13(15)12-9-17-8-11(14-12)10-6-4-3-5-7-10/h3-7,12H,2,8-9H2,1H3. The van der Waals surface area contributed by atoms with Crippen LogP contribution in [-0.4, -0.2) is 35.8 Å². The molecule has 0 fully saturated rings. The molecule has 1 aliphatic rings. The van der Waals surface area contributed by atoms with Gasteiger partial charge in [-0.15, -0.1) is 0 Å². The average molecular weight is 249 g/mol. The van der Waals surface area contributed by atoms with Crippen molar-refractivity contribution >= 4 is 23.4 Å². The van der Waals surface area contributed by atoms with Crippen molar-refractivity contribution in [3.05, 3.63) is 35.9 Å². The van der Waals surface area contributed by atoms with Crippen LogP contribution in [0.25, 0.3) is 0 Å². The predicted molar refractivity (Wildman–Crippen MR) is 70.7 cm³/mol. The van der Waals surface area contributed by atoms with E-state index in [4.69, 9.17) is 4.74 Å². The van der Waals surface area contributed by atoms with Gasteiger partial charge < -0.3 is 4.74 Å². The number of benzene rings is 1. The number of ether oxygens (including phenoxy) is 1. The second-order valence-electron chi connectivity index (χ2n) is 3.72. The number of hydrogen-bond acceptors (Lipinski definition) is 4. The van der Waals surface area contributed by atoms with Crippen LogP contribution in [-0.2, 0) is 9.53 Å². The predicted octanol–water partition coefficient (Wildman–Crippen LogP) is 2.15. The first-order valence-corrected chi connectivity index (χ1v) is 6.83. The molecule has 4 heteroatoms. The van der Waals surface area contributed by atoms with Crippen LogP contribution in [0.15, 0.2) is 35.3 Å². The molecule has 1 aromatic rings. The Morgan fingerprint density at radius 2 is 2.24 bits per heavy atom. The van der Waals surface area contributed by atoms with Crippen molar-refractivity contribution in [3.8, 4) is 0 Å². The summed E-state index contributed by atoms with van der Waals surface area (Å²) in [5.41, 5.74) is 2.08. The lowest BCUT2D eigenvalue weighted by atomic mass is 10.1. The van der Waals surface area contributed by atoms with E-state index in [1.165, 1.54) is 0 Å². The van der Waals surface area contributed by atoms with E-state index in [-0.39, 0.29) is 12.0 Å². The van der Waals surface area contributed by atoms with Crippen LogP contribution in [0.4, 0.5) is 0 Å². The number of carbonyl (C=O) groups is 1. The lowest BCUT2D eigenvalue weighted by molar-refractivity contribution is -0.143. The molecular weight excluding hydrogens is 234 g/mol. The number of hydrogen-bond donors (Lipinski definition) is 0. The Bertz CT molecular complexity index is 417. The molecule has 0 N–H and O–H groups in total. The normalized spacial score (nSPS) is 19.6. The van der Waals surface area contributed by atoms with Gasteiger partial charge in [-0.3, -0.25) is 4.99 Å². The Morgan fingerprint density at radius 1 is 1.47 bits per heavy atom. The van der Waals surface area contributed by atoms with E-state index < -0.39 is 0 Å². The maximum absolute atomic E-state index is 11.6. The topological polar surface area (TPSA) is 38.7 Å². The van der Waals surface area contributed by atoms with E-state index in [9.17, 15) is 4.79 Å². The SMILES string of the molecule is CCOC(=O)C1CSCC(c2ccccc2)=N1. The number of carbonyl (C=O) groups excluding carboxylic acids is 1. The van der Waals surface area contributed by atoms with Crippen molar-refractivity contribution in [1.82, 2.24) is 0 Å². The van der Waals surface area contributed by atoms with Crippen LogP contribution < -0.4 is 0 Å². The summed E-state index contributed by atoms with van der Waals surface area (Å²) < 4.78 is 5.01. The van der Waals surface area contributed by atoms with Gasteiger partial charge >= 0.3 is 5.97 Å². The van der Waals surface area contributed by atoms with Crippen LogP contribution in [0.1, 0.15) is 12.5 Å². The highest BCUT2D eigenvalue weighted by Gasteiger charge is 2.23. The van der Waals surface area contributed by atoms with Gasteiger partial charge in [0.2, 0.25) is 0 Å². The van der Waals surface area contributed by atoms with Crippen LogP contribution >= 0.6 is 11.8 Å². The molecule has 0 amide bonds. The number of esters is 1. The summed E-state index contributed by atoms with van der Waals surface area (Å²) in [6, 6.07) is 9.64. The lowest BCUT2D eigenvalue weighted by Gasteiger charge is -2.19.